The van der Waals surface area contributed by atoms with Crippen LogP contribution < -0.4 is 70.4 Å². The van der Waals surface area contributed by atoms with Gasteiger partial charge in [0.25, 0.3) is 0 Å². The fourth-order valence-corrected chi connectivity index (χ4v) is 12.8. The van der Waals surface area contributed by atoms with E-state index >= 15 is 0 Å². The molecule has 31 nitrogen and oxygen atoms in total. The van der Waals surface area contributed by atoms with Crippen LogP contribution in [-0.4, -0.2) is 233 Å². The Hall–Kier alpha value is -7.17. The molecular weight excluding hydrogens is 1230 g/mol. The van der Waals surface area contributed by atoms with Gasteiger partial charge < -0.3 is 95.5 Å². The van der Waals surface area contributed by atoms with Crippen molar-refractivity contribution in [3.8, 4) is 0 Å². The third kappa shape index (κ3) is 26.2. The summed E-state index contributed by atoms with van der Waals surface area (Å²) < 4.78 is 0. The molecule has 3 saturated heterocycles. The zero-order valence-corrected chi connectivity index (χ0v) is 53.3. The lowest BCUT2D eigenvalue weighted by Gasteiger charge is -2.33. The van der Waals surface area contributed by atoms with E-state index in [1.54, 1.807) is 30.3 Å². The van der Waals surface area contributed by atoms with Gasteiger partial charge >= 0.3 is 11.9 Å². The van der Waals surface area contributed by atoms with E-state index in [1.807, 2.05) is 6.92 Å². The predicted molar refractivity (Wildman–Crippen MR) is 336 cm³/mol. The highest BCUT2D eigenvalue weighted by Crippen LogP contribution is 2.29. The Morgan fingerprint density at radius 1 is 0.681 bits per heavy atom. The number of rotatable bonds is 32. The van der Waals surface area contributed by atoms with Crippen molar-refractivity contribution in [1.29, 1.82) is 0 Å². The van der Waals surface area contributed by atoms with E-state index in [2.05, 4.69) is 53.2 Å². The molecule has 1 aromatic rings. The van der Waals surface area contributed by atoms with Crippen LogP contribution in [0, 0.1) is 5.92 Å². The standard InChI is InChI=1S/C58H93N15O16S2/c1-3-4-6-18-45(75)65-42-33-91-90-32-41(54(85)69-40(29-47(78)79)53(84)66-37(49(61)80)15-9-10-23-64-50(81)36(30-62-24-21-59)31-63-25-22-60)70-52(83)39(28-35-13-7-5-8-14-35)68-51(82)38(19-20-46(76)77)67-56(87)48(34(2)74)71-55(86)43-16-11-26-72(43)58(89)44-17-12-27-73(44)57(42)88/h5,7-8,13-14,34,36-44,48,62-63,74H,3-4,6,9-12,15-33,59-60H2,1-2H3,(H2,61,80)(H,64,81)(H,65,75)(H,66,84)(H,67,87)(H,68,82)(H,69,85)(H,70,83)(H,71,86)(H,76,77)(H,78,79)/t34-,37+,38+,39+,40+,41+,42+,43+,44+,48+/m1/s1. The van der Waals surface area contributed by atoms with Crippen LogP contribution in [0.5, 0.6) is 0 Å². The smallest absolute Gasteiger partial charge is 0.305 e. The van der Waals surface area contributed by atoms with Crippen molar-refractivity contribution < 1.29 is 77.6 Å². The summed E-state index contributed by atoms with van der Waals surface area (Å²) in [4.78, 5) is 182. The molecule has 0 aliphatic carbocycles. The van der Waals surface area contributed by atoms with Crippen LogP contribution in [0.4, 0.5) is 0 Å². The molecule has 19 N–H and O–H groups in total. The summed E-state index contributed by atoms with van der Waals surface area (Å²) in [6.07, 6.45) is -0.594. The molecule has 3 heterocycles. The van der Waals surface area contributed by atoms with Gasteiger partial charge in [-0.1, -0.05) is 71.7 Å². The van der Waals surface area contributed by atoms with Gasteiger partial charge in [-0.15, -0.1) is 0 Å². The molecular formula is C58H93N15O16S2. The van der Waals surface area contributed by atoms with E-state index < -0.39 is 162 Å². The molecule has 4 rings (SSSR count). The highest BCUT2D eigenvalue weighted by Gasteiger charge is 2.45. The number of benzene rings is 1. The highest BCUT2D eigenvalue weighted by molar-refractivity contribution is 8.76. The van der Waals surface area contributed by atoms with Crippen LogP contribution in [-0.2, 0) is 68.7 Å². The van der Waals surface area contributed by atoms with Crippen LogP contribution in [0.15, 0.2) is 30.3 Å². The number of nitrogens with zero attached hydrogens (tertiary/aromatic N) is 2. The van der Waals surface area contributed by atoms with Crippen LogP contribution in [0.25, 0.3) is 0 Å². The molecule has 0 radical (unpaired) electrons. The summed E-state index contributed by atoms with van der Waals surface area (Å²) in [5.41, 5.74) is 17.3. The molecule has 0 aromatic heterocycles. The monoisotopic (exact) mass is 1320 g/mol. The maximum absolute atomic E-state index is 14.8. The number of aliphatic hydroxyl groups is 1. The fraction of sp³-hybridized carbons (Fsp3) is 0.672. The lowest BCUT2D eigenvalue weighted by molar-refractivity contribution is -0.148. The van der Waals surface area contributed by atoms with E-state index in [9.17, 15) is 77.6 Å². The van der Waals surface area contributed by atoms with Gasteiger partial charge in [0.1, 0.15) is 54.4 Å². The molecule has 508 valence electrons. The van der Waals surface area contributed by atoms with Gasteiger partial charge in [-0.2, -0.15) is 0 Å². The Bertz CT molecular complexity index is 2620. The Kier molecular flexibility index (Phi) is 34.1. The Labute approximate surface area is 537 Å². The summed E-state index contributed by atoms with van der Waals surface area (Å²) in [5.74, 6) is -13.3. The molecule has 10 atom stereocenters. The Morgan fingerprint density at radius 3 is 1.92 bits per heavy atom. The Balaban J connectivity index is 1.72. The average Bonchev–Trinajstić information content (AvgIpc) is 1.77. The number of aliphatic hydroxyl groups excluding tert-OH is 1. The lowest BCUT2D eigenvalue weighted by Crippen LogP contribution is -2.62. The normalized spacial score (nSPS) is 22.4. The maximum atomic E-state index is 14.8. The maximum Gasteiger partial charge on any atom is 0.305 e. The van der Waals surface area contributed by atoms with Crippen molar-refractivity contribution in [2.45, 2.75) is 171 Å². The van der Waals surface area contributed by atoms with Crippen LogP contribution in [0.1, 0.15) is 109 Å². The molecule has 3 aliphatic heterocycles. The van der Waals surface area contributed by atoms with Crippen molar-refractivity contribution in [1.82, 2.24) is 63.0 Å². The second kappa shape index (κ2) is 40.6. The molecule has 3 fully saturated rings. The molecule has 33 heteroatoms. The average molecular weight is 1320 g/mol. The molecule has 1 aromatic carbocycles. The second-order valence-corrected chi connectivity index (χ2v) is 25.2. The largest absolute Gasteiger partial charge is 0.481 e. The first-order valence-electron chi connectivity index (χ1n) is 31.0. The zero-order chi connectivity index (χ0) is 67.0. The van der Waals surface area contributed by atoms with Crippen molar-refractivity contribution in [2.24, 2.45) is 23.1 Å². The lowest BCUT2D eigenvalue weighted by atomic mass is 10.0. The summed E-state index contributed by atoms with van der Waals surface area (Å²) in [5, 5.41) is 57.3. The van der Waals surface area contributed by atoms with Gasteiger partial charge in [0.2, 0.25) is 65.0 Å². The van der Waals surface area contributed by atoms with E-state index in [0.29, 0.717) is 70.5 Å². The summed E-state index contributed by atoms with van der Waals surface area (Å²) >= 11 is 0. The van der Waals surface area contributed by atoms with Gasteiger partial charge in [0, 0.05) is 89.7 Å². The second-order valence-electron chi connectivity index (χ2n) is 22.6. The number of fused-ring (bicyclic) bond motifs is 2. The quantitative estimate of drug-likeness (QED) is 0.0240. The van der Waals surface area contributed by atoms with Gasteiger partial charge in [-0.05, 0) is 70.3 Å². The number of hydrogen-bond acceptors (Lipinski definition) is 20. The van der Waals surface area contributed by atoms with E-state index in [1.165, 1.54) is 16.7 Å². The number of carbonyl (C=O) groups is 13. The van der Waals surface area contributed by atoms with Crippen molar-refractivity contribution in [2.75, 3.05) is 70.4 Å². The minimum absolute atomic E-state index is 0.0674. The molecule has 0 bridgehead atoms. The zero-order valence-electron chi connectivity index (χ0n) is 51.7. The van der Waals surface area contributed by atoms with E-state index in [-0.39, 0.29) is 69.8 Å². The fourth-order valence-electron chi connectivity index (χ4n) is 10.5. The van der Waals surface area contributed by atoms with Crippen molar-refractivity contribution in [3.05, 3.63) is 35.9 Å². The molecule has 91 heavy (non-hydrogen) atoms. The van der Waals surface area contributed by atoms with Gasteiger partial charge in [0.15, 0.2) is 0 Å². The summed E-state index contributed by atoms with van der Waals surface area (Å²) in [7, 11) is 1.90. The number of hydrogen-bond donors (Lipinski definition) is 16. The third-order valence-corrected chi connectivity index (χ3v) is 17.9. The number of aliphatic carboxylic acids is 2. The van der Waals surface area contributed by atoms with Gasteiger partial charge in [-0.25, -0.2) is 0 Å². The minimum atomic E-state index is -1.91. The Morgan fingerprint density at radius 2 is 1.31 bits per heavy atom. The number of nitrogens with one attached hydrogen (secondary N) is 10. The van der Waals surface area contributed by atoms with Gasteiger partial charge in [0.05, 0.1) is 18.4 Å². The van der Waals surface area contributed by atoms with Crippen LogP contribution in [0.2, 0.25) is 0 Å². The third-order valence-electron chi connectivity index (χ3n) is 15.4. The minimum Gasteiger partial charge on any atom is -0.481 e. The number of nitrogens with two attached hydrogens (primary N) is 3. The van der Waals surface area contributed by atoms with Crippen molar-refractivity contribution in [3.63, 3.8) is 0 Å². The van der Waals surface area contributed by atoms with Gasteiger partial charge in [-0.3, -0.25) is 62.3 Å². The topological polar surface area (TPSA) is 487 Å². The van der Waals surface area contributed by atoms with E-state index in [4.69, 9.17) is 17.2 Å². The first kappa shape index (κ1) is 76.3. The predicted octanol–water partition coefficient (Wildman–Crippen LogP) is -4.22. The SMILES string of the molecule is CCCCCC(=O)N[C@H]1CSSC[C@@H](C(=O)N[C@@H](CC(=O)O)C(=O)N[C@@H](CCCCNC(=O)C(CNCCN)CNCCN)C(N)=O)NC(=O)[C@H](Cc2ccccc2)NC(=O)[C@H](CCC(=O)O)NC(=O)[C@H]([C@@H](C)O)NC(=O)[C@@H]2CCCN2C(=O)[C@@H]2CCCN2C1=O. The first-order valence-corrected chi connectivity index (χ1v) is 33.5. The number of carbonyl (C=O) groups excluding carboxylic acids is 11. The molecule has 0 unspecified atom stereocenters. The summed E-state index contributed by atoms with van der Waals surface area (Å²) in [6.45, 7) is 5.91. The van der Waals surface area contributed by atoms with Crippen LogP contribution >= 0.6 is 21.6 Å². The number of unbranched alkanes of at least 4 members (excludes halogenated alkanes) is 3. The number of carboxylic acid groups (broad SMARTS) is 2. The molecule has 0 spiro atoms. The molecule has 11 amide bonds. The number of carboxylic acids is 2. The molecule has 0 saturated carbocycles. The number of amides is 11. The number of primary amides is 1. The summed E-state index contributed by atoms with van der Waals surface area (Å²) in [6, 6.07) is -5.51. The first-order chi connectivity index (χ1) is 43.5. The highest BCUT2D eigenvalue weighted by atomic mass is 33.1. The van der Waals surface area contributed by atoms with E-state index in [0.717, 1.165) is 34.4 Å². The van der Waals surface area contributed by atoms with Crippen molar-refractivity contribution >= 4 is 98.5 Å². The molecule has 3 aliphatic rings. The van der Waals surface area contributed by atoms with Crippen LogP contribution in [0.3, 0.4) is 0 Å².